The maximum Gasteiger partial charge on any atom is 0.244 e. The minimum absolute atomic E-state index is 0.0535. The lowest BCUT2D eigenvalue weighted by Crippen LogP contribution is -2.42. The van der Waals surface area contributed by atoms with E-state index in [4.69, 9.17) is 4.74 Å². The second-order valence-electron chi connectivity index (χ2n) is 10.1. The molecule has 1 unspecified atom stereocenters. The van der Waals surface area contributed by atoms with Crippen molar-refractivity contribution in [1.82, 2.24) is 14.7 Å². The molecule has 6 nitrogen and oxygen atoms in total. The number of carbonyl (C=O) groups is 1. The highest BCUT2D eigenvalue weighted by Gasteiger charge is 2.37. The van der Waals surface area contributed by atoms with Crippen LogP contribution in [0.1, 0.15) is 42.0 Å². The Labute approximate surface area is 217 Å². The van der Waals surface area contributed by atoms with Crippen molar-refractivity contribution < 1.29 is 13.9 Å². The highest BCUT2D eigenvalue weighted by molar-refractivity contribution is 5.91. The predicted molar refractivity (Wildman–Crippen MR) is 142 cm³/mol. The van der Waals surface area contributed by atoms with Crippen molar-refractivity contribution in [3.8, 4) is 11.8 Å². The van der Waals surface area contributed by atoms with Gasteiger partial charge in [-0.25, -0.2) is 4.39 Å². The molecule has 0 spiro atoms. The van der Waals surface area contributed by atoms with Gasteiger partial charge in [-0.15, -0.1) is 0 Å². The van der Waals surface area contributed by atoms with Crippen molar-refractivity contribution in [3.63, 3.8) is 0 Å². The number of carbonyl (C=O) groups excluding carboxylic acids is 1. The number of nitriles is 1. The molecule has 0 radical (unpaired) electrons. The van der Waals surface area contributed by atoms with Crippen LogP contribution in [0.4, 0.5) is 4.39 Å². The maximum absolute atomic E-state index is 14.1. The Balaban J connectivity index is 1.46. The van der Waals surface area contributed by atoms with Gasteiger partial charge >= 0.3 is 0 Å². The quantitative estimate of drug-likeness (QED) is 0.470. The SMILES string of the molecule is COc1c(C#N)cc2ccccc2c1CN(C)C(=O)C(c1ccc(F)cc1)N1CC[C@H](N2CCCC2)C1. The van der Waals surface area contributed by atoms with Crippen LogP contribution in [0.15, 0.2) is 54.6 Å². The molecule has 3 aromatic carbocycles. The summed E-state index contributed by atoms with van der Waals surface area (Å²) in [6.07, 6.45) is 3.49. The number of hydrogen-bond donors (Lipinski definition) is 0. The molecule has 1 amide bonds. The average Bonchev–Trinajstić information content (AvgIpc) is 3.62. The fraction of sp³-hybridized carbons (Fsp3) is 0.400. The Bertz CT molecular complexity index is 1310. The van der Waals surface area contributed by atoms with E-state index < -0.39 is 6.04 Å². The predicted octanol–water partition coefficient (Wildman–Crippen LogP) is 4.73. The summed E-state index contributed by atoms with van der Waals surface area (Å²) in [6, 6.07) is 18.1. The van der Waals surface area contributed by atoms with Crippen LogP contribution in [0.3, 0.4) is 0 Å². The summed E-state index contributed by atoms with van der Waals surface area (Å²) in [5, 5.41) is 11.6. The standard InChI is InChI=1S/C30H33FN4O2/c1-33(20-27-26-8-4-3-7-22(26)17-23(18-32)29(27)37-2)30(36)28(21-9-11-24(31)12-10-21)35-16-13-25(19-35)34-14-5-6-15-34/h3-4,7-12,17,25,28H,5-6,13-16,19-20H2,1-2H3/t25-,28?/m0/s1. The fourth-order valence-electron chi connectivity index (χ4n) is 5.96. The number of likely N-dealkylation sites (N-methyl/N-ethyl adjacent to an activating group) is 1. The van der Waals surface area contributed by atoms with E-state index in [9.17, 15) is 14.4 Å². The van der Waals surface area contributed by atoms with Crippen LogP contribution in [0, 0.1) is 17.1 Å². The Morgan fingerprint density at radius 3 is 2.59 bits per heavy atom. The zero-order chi connectivity index (χ0) is 25.9. The highest BCUT2D eigenvalue weighted by Crippen LogP contribution is 2.35. The van der Waals surface area contributed by atoms with E-state index in [0.717, 1.165) is 54.5 Å². The molecular formula is C30H33FN4O2. The van der Waals surface area contributed by atoms with Crippen molar-refractivity contribution in [1.29, 1.82) is 5.26 Å². The lowest BCUT2D eigenvalue weighted by atomic mass is 9.98. The van der Waals surface area contributed by atoms with E-state index in [1.165, 1.54) is 25.0 Å². The first kappa shape index (κ1) is 25.2. The molecule has 2 aliphatic heterocycles. The third-order valence-electron chi connectivity index (χ3n) is 7.84. The first-order valence-electron chi connectivity index (χ1n) is 13.0. The van der Waals surface area contributed by atoms with Gasteiger partial charge in [0.05, 0.1) is 12.7 Å². The van der Waals surface area contributed by atoms with Crippen molar-refractivity contribution >= 4 is 16.7 Å². The first-order chi connectivity index (χ1) is 18.0. The molecule has 2 saturated heterocycles. The van der Waals surface area contributed by atoms with Crippen LogP contribution in [-0.4, -0.2) is 67.0 Å². The van der Waals surface area contributed by atoms with Crippen LogP contribution in [-0.2, 0) is 11.3 Å². The number of likely N-dealkylation sites (tertiary alicyclic amines) is 2. The minimum atomic E-state index is -0.505. The zero-order valence-electron chi connectivity index (χ0n) is 21.5. The van der Waals surface area contributed by atoms with Gasteiger partial charge in [0.15, 0.2) is 0 Å². The number of nitrogens with zero attached hydrogens (tertiary/aromatic N) is 4. The summed E-state index contributed by atoms with van der Waals surface area (Å²) < 4.78 is 19.5. The lowest BCUT2D eigenvalue weighted by Gasteiger charge is -2.32. The van der Waals surface area contributed by atoms with Gasteiger partial charge in [-0.1, -0.05) is 36.4 Å². The van der Waals surface area contributed by atoms with Crippen molar-refractivity contribution in [2.45, 2.75) is 37.9 Å². The maximum atomic E-state index is 14.1. The molecule has 0 bridgehead atoms. The van der Waals surface area contributed by atoms with Crippen LogP contribution in [0.25, 0.3) is 10.8 Å². The smallest absolute Gasteiger partial charge is 0.244 e. The Morgan fingerprint density at radius 2 is 1.89 bits per heavy atom. The van der Waals surface area contributed by atoms with E-state index in [0.29, 0.717) is 23.9 Å². The summed E-state index contributed by atoms with van der Waals surface area (Å²) in [6.45, 7) is 4.17. The van der Waals surface area contributed by atoms with Crippen molar-refractivity contribution in [2.75, 3.05) is 40.3 Å². The molecule has 0 saturated carbocycles. The summed E-state index contributed by atoms with van der Waals surface area (Å²) in [5.74, 6) is 0.126. The summed E-state index contributed by atoms with van der Waals surface area (Å²) >= 11 is 0. The number of rotatable bonds is 7. The molecular weight excluding hydrogens is 467 g/mol. The number of methoxy groups -OCH3 is 1. The molecule has 5 rings (SSSR count). The fourth-order valence-corrected chi connectivity index (χ4v) is 5.96. The molecule has 0 N–H and O–H groups in total. The van der Waals surface area contributed by atoms with Crippen LogP contribution < -0.4 is 4.74 Å². The Kier molecular flexibility index (Phi) is 7.40. The third kappa shape index (κ3) is 5.04. The largest absolute Gasteiger partial charge is 0.495 e. The Morgan fingerprint density at radius 1 is 1.16 bits per heavy atom. The van der Waals surface area contributed by atoms with Gasteiger partial charge in [-0.3, -0.25) is 14.6 Å². The van der Waals surface area contributed by atoms with Gasteiger partial charge in [0, 0.05) is 38.3 Å². The van der Waals surface area contributed by atoms with Gasteiger partial charge < -0.3 is 9.64 Å². The summed E-state index contributed by atoms with van der Waals surface area (Å²) in [7, 11) is 3.35. The molecule has 0 aliphatic carbocycles. The normalized spacial score (nSPS) is 19.1. The number of halogens is 1. The zero-order valence-corrected chi connectivity index (χ0v) is 21.5. The molecule has 2 heterocycles. The van der Waals surface area contributed by atoms with Gasteiger partial charge in [0.2, 0.25) is 5.91 Å². The molecule has 2 atom stereocenters. The molecule has 2 aliphatic rings. The number of ether oxygens (including phenoxy) is 1. The molecule has 3 aromatic rings. The molecule has 192 valence electrons. The summed E-state index contributed by atoms with van der Waals surface area (Å²) in [5.41, 5.74) is 2.05. The van der Waals surface area contributed by atoms with E-state index in [1.54, 1.807) is 31.2 Å². The topological polar surface area (TPSA) is 59.8 Å². The number of fused-ring (bicyclic) bond motifs is 1. The minimum Gasteiger partial charge on any atom is -0.495 e. The van der Waals surface area contributed by atoms with Crippen molar-refractivity contribution in [2.24, 2.45) is 0 Å². The molecule has 2 fully saturated rings. The lowest BCUT2D eigenvalue weighted by molar-refractivity contribution is -0.136. The van der Waals surface area contributed by atoms with Crippen molar-refractivity contribution in [3.05, 3.63) is 77.1 Å². The molecule has 0 aromatic heterocycles. The highest BCUT2D eigenvalue weighted by atomic mass is 19.1. The van der Waals surface area contributed by atoms with Crippen LogP contribution in [0.5, 0.6) is 5.75 Å². The van der Waals surface area contributed by atoms with E-state index in [2.05, 4.69) is 15.9 Å². The molecule has 37 heavy (non-hydrogen) atoms. The van der Waals surface area contributed by atoms with Gasteiger partial charge in [0.1, 0.15) is 23.7 Å². The second-order valence-corrected chi connectivity index (χ2v) is 10.1. The molecule has 7 heteroatoms. The van der Waals surface area contributed by atoms with Gasteiger partial charge in [0.25, 0.3) is 0 Å². The Hall–Kier alpha value is -3.47. The van der Waals surface area contributed by atoms with E-state index in [1.807, 2.05) is 30.3 Å². The average molecular weight is 501 g/mol. The number of benzene rings is 3. The van der Waals surface area contributed by atoms with Crippen LogP contribution >= 0.6 is 0 Å². The van der Waals surface area contributed by atoms with Crippen LogP contribution in [0.2, 0.25) is 0 Å². The van der Waals surface area contributed by atoms with Gasteiger partial charge in [-0.2, -0.15) is 5.26 Å². The first-order valence-corrected chi connectivity index (χ1v) is 13.0. The monoisotopic (exact) mass is 500 g/mol. The van der Waals surface area contributed by atoms with Gasteiger partial charge in [-0.05, 0) is 66.9 Å². The van der Waals surface area contributed by atoms with E-state index in [-0.39, 0.29) is 11.7 Å². The third-order valence-corrected chi connectivity index (χ3v) is 7.84. The van der Waals surface area contributed by atoms with E-state index >= 15 is 0 Å². The second kappa shape index (κ2) is 10.9. The number of amides is 1. The summed E-state index contributed by atoms with van der Waals surface area (Å²) in [4.78, 5) is 20.6. The number of hydrogen-bond acceptors (Lipinski definition) is 5.